The smallest absolute Gasteiger partial charge is 0.306 e. The normalized spacial score (nSPS) is 11.4. The fourth-order valence-electron chi connectivity index (χ4n) is 4.50. The Morgan fingerprint density at radius 3 is 0.944 bits per heavy atom. The van der Waals surface area contributed by atoms with Gasteiger partial charge in [0, 0.05) is 0 Å². The number of carbonyl (C=O) groups is 2. The van der Waals surface area contributed by atoms with Crippen molar-refractivity contribution in [2.75, 3.05) is 13.2 Å². The zero-order chi connectivity index (χ0) is 26.7. The molecular weight excluding hydrogens is 448 g/mol. The molecule has 0 spiro atoms. The van der Waals surface area contributed by atoms with Crippen molar-refractivity contribution in [2.45, 2.75) is 169 Å². The third-order valence-electron chi connectivity index (χ3n) is 6.91. The Balaban J connectivity index is 3.31. The minimum atomic E-state index is -0.280. The van der Waals surface area contributed by atoms with Gasteiger partial charge in [-0.05, 0) is 24.7 Å². The third-order valence-corrected chi connectivity index (χ3v) is 6.91. The molecular formula is C32H62O4. The lowest BCUT2D eigenvalue weighted by atomic mass is 10.0. The molecule has 0 rings (SSSR count). The zero-order valence-electron chi connectivity index (χ0n) is 24.8. The van der Waals surface area contributed by atoms with Crippen LogP contribution < -0.4 is 0 Å². The summed E-state index contributed by atoms with van der Waals surface area (Å²) in [6, 6.07) is 0. The summed E-state index contributed by atoms with van der Waals surface area (Å²) in [5.74, 6) is 1.11. The van der Waals surface area contributed by atoms with Crippen LogP contribution in [0.5, 0.6) is 0 Å². The van der Waals surface area contributed by atoms with Gasteiger partial charge in [0.2, 0.25) is 0 Å². The highest BCUT2D eigenvalue weighted by molar-refractivity contribution is 5.77. The van der Waals surface area contributed by atoms with Crippen LogP contribution in [0.25, 0.3) is 0 Å². The van der Waals surface area contributed by atoms with Crippen LogP contribution in [0.4, 0.5) is 0 Å². The molecule has 0 saturated heterocycles. The minimum absolute atomic E-state index is 0.132. The summed E-state index contributed by atoms with van der Waals surface area (Å²) >= 11 is 0. The molecule has 0 bridgehead atoms. The molecule has 36 heavy (non-hydrogen) atoms. The number of esters is 2. The predicted molar refractivity (Wildman–Crippen MR) is 153 cm³/mol. The maximum Gasteiger partial charge on any atom is 0.306 e. The first kappa shape index (κ1) is 34.9. The van der Waals surface area contributed by atoms with Crippen LogP contribution in [0.3, 0.4) is 0 Å². The van der Waals surface area contributed by atoms with E-state index in [0.717, 1.165) is 37.5 Å². The molecule has 0 unspecified atom stereocenters. The highest BCUT2D eigenvalue weighted by atomic mass is 16.5. The molecule has 0 N–H and O–H groups in total. The van der Waals surface area contributed by atoms with E-state index in [4.69, 9.17) is 9.47 Å². The van der Waals surface area contributed by atoms with Gasteiger partial charge in [0.25, 0.3) is 0 Å². The number of rotatable bonds is 27. The minimum Gasteiger partial charge on any atom is -0.466 e. The number of hydrogen-bond donors (Lipinski definition) is 0. The first-order chi connectivity index (χ1) is 17.4. The van der Waals surface area contributed by atoms with E-state index in [-0.39, 0.29) is 24.8 Å². The van der Waals surface area contributed by atoms with Crippen molar-refractivity contribution in [1.29, 1.82) is 0 Å². The van der Waals surface area contributed by atoms with Gasteiger partial charge in [-0.15, -0.1) is 0 Å². The van der Waals surface area contributed by atoms with Crippen molar-refractivity contribution in [3.05, 3.63) is 0 Å². The fourth-order valence-corrected chi connectivity index (χ4v) is 4.50. The van der Waals surface area contributed by atoms with Crippen LogP contribution in [-0.4, -0.2) is 25.2 Å². The fraction of sp³-hybridized carbons (Fsp3) is 0.938. The molecule has 4 nitrogen and oxygen atoms in total. The summed E-state index contributed by atoms with van der Waals surface area (Å²) < 4.78 is 10.5. The number of carbonyl (C=O) groups excluding carboxylic acids is 2. The highest BCUT2D eigenvalue weighted by Gasteiger charge is 2.09. The molecule has 214 valence electrons. The van der Waals surface area contributed by atoms with Crippen LogP contribution in [0.2, 0.25) is 0 Å². The Morgan fingerprint density at radius 2 is 0.667 bits per heavy atom. The second-order valence-corrected chi connectivity index (χ2v) is 11.7. The lowest BCUT2D eigenvalue weighted by molar-refractivity contribution is -0.150. The van der Waals surface area contributed by atoms with E-state index in [2.05, 4.69) is 27.7 Å². The summed E-state index contributed by atoms with van der Waals surface area (Å²) in [5, 5.41) is 0. The van der Waals surface area contributed by atoms with E-state index < -0.39 is 0 Å². The quantitative estimate of drug-likeness (QED) is 0.0814. The summed E-state index contributed by atoms with van der Waals surface area (Å²) in [6.07, 6.45) is 25.6. The van der Waals surface area contributed by atoms with Crippen LogP contribution in [0, 0.1) is 11.8 Å². The van der Waals surface area contributed by atoms with E-state index in [1.165, 1.54) is 103 Å². The summed E-state index contributed by atoms with van der Waals surface area (Å²) in [5.41, 5.74) is 0. The molecule has 0 aromatic heterocycles. The van der Waals surface area contributed by atoms with E-state index in [0.29, 0.717) is 13.2 Å². The Kier molecular flexibility index (Phi) is 26.2. The molecule has 0 atom stereocenters. The van der Waals surface area contributed by atoms with Gasteiger partial charge in [-0.3, -0.25) is 9.59 Å². The maximum atomic E-state index is 11.8. The lowest BCUT2D eigenvalue weighted by Gasteiger charge is -2.07. The molecule has 0 aliphatic rings. The Bertz CT molecular complexity index is 443. The molecule has 0 aromatic rings. The summed E-state index contributed by atoms with van der Waals surface area (Å²) in [7, 11) is 0. The average Bonchev–Trinajstić information content (AvgIpc) is 2.83. The molecule has 0 amide bonds. The van der Waals surface area contributed by atoms with Crippen molar-refractivity contribution in [3.8, 4) is 0 Å². The van der Waals surface area contributed by atoms with Gasteiger partial charge in [-0.1, -0.05) is 143 Å². The van der Waals surface area contributed by atoms with Gasteiger partial charge in [-0.25, -0.2) is 0 Å². The topological polar surface area (TPSA) is 52.6 Å². The molecule has 0 aromatic carbocycles. The third kappa shape index (κ3) is 29.2. The molecule has 0 radical (unpaired) electrons. The standard InChI is InChI=1S/C32H62O4/c1-29(2)23-19-15-11-7-5-9-13-17-21-27-35-31(33)25-26-32(34)36-28-22-18-14-10-6-8-12-16-20-24-30(3)4/h29-30H,5-28H2,1-4H3. The largest absolute Gasteiger partial charge is 0.466 e. The number of ether oxygens (including phenoxy) is 2. The molecule has 0 aliphatic heterocycles. The van der Waals surface area contributed by atoms with Crippen molar-refractivity contribution >= 4 is 11.9 Å². The Labute approximate surface area is 225 Å². The van der Waals surface area contributed by atoms with E-state index in [1.54, 1.807) is 0 Å². The van der Waals surface area contributed by atoms with Gasteiger partial charge in [0.1, 0.15) is 0 Å². The SMILES string of the molecule is CC(C)CCCCCCCCCCCOC(=O)CCC(=O)OCCCCCCCCCCCC(C)C. The van der Waals surface area contributed by atoms with Crippen molar-refractivity contribution in [3.63, 3.8) is 0 Å². The van der Waals surface area contributed by atoms with Crippen molar-refractivity contribution in [2.24, 2.45) is 11.8 Å². The Hall–Kier alpha value is -1.06. The first-order valence-corrected chi connectivity index (χ1v) is 15.7. The number of hydrogen-bond acceptors (Lipinski definition) is 4. The Morgan fingerprint density at radius 1 is 0.417 bits per heavy atom. The predicted octanol–water partition coefficient (Wildman–Crippen LogP) is 9.97. The van der Waals surface area contributed by atoms with E-state index in [1.807, 2.05) is 0 Å². The maximum absolute atomic E-state index is 11.8. The summed E-state index contributed by atoms with van der Waals surface area (Å²) in [6.45, 7) is 10.1. The van der Waals surface area contributed by atoms with Crippen LogP contribution in [0.1, 0.15) is 169 Å². The monoisotopic (exact) mass is 510 g/mol. The van der Waals surface area contributed by atoms with Crippen LogP contribution in [-0.2, 0) is 19.1 Å². The summed E-state index contributed by atoms with van der Waals surface area (Å²) in [4.78, 5) is 23.6. The molecule has 0 fully saturated rings. The first-order valence-electron chi connectivity index (χ1n) is 15.7. The van der Waals surface area contributed by atoms with Gasteiger partial charge >= 0.3 is 11.9 Å². The second kappa shape index (κ2) is 27.0. The van der Waals surface area contributed by atoms with Crippen molar-refractivity contribution in [1.82, 2.24) is 0 Å². The van der Waals surface area contributed by atoms with E-state index >= 15 is 0 Å². The van der Waals surface area contributed by atoms with Gasteiger partial charge < -0.3 is 9.47 Å². The van der Waals surface area contributed by atoms with Gasteiger partial charge in [-0.2, -0.15) is 0 Å². The highest BCUT2D eigenvalue weighted by Crippen LogP contribution is 2.14. The average molecular weight is 511 g/mol. The molecule has 0 heterocycles. The molecule has 4 heteroatoms. The van der Waals surface area contributed by atoms with Crippen molar-refractivity contribution < 1.29 is 19.1 Å². The van der Waals surface area contributed by atoms with Gasteiger partial charge in [0.05, 0.1) is 26.1 Å². The van der Waals surface area contributed by atoms with Crippen LogP contribution in [0.15, 0.2) is 0 Å². The lowest BCUT2D eigenvalue weighted by Crippen LogP contribution is -2.11. The second-order valence-electron chi connectivity index (χ2n) is 11.7. The zero-order valence-corrected chi connectivity index (χ0v) is 24.8. The number of unbranched alkanes of at least 4 members (excludes halogenated alkanes) is 16. The van der Waals surface area contributed by atoms with Crippen LogP contribution >= 0.6 is 0 Å². The molecule has 0 saturated carbocycles. The van der Waals surface area contributed by atoms with E-state index in [9.17, 15) is 9.59 Å². The molecule has 0 aliphatic carbocycles. The van der Waals surface area contributed by atoms with Gasteiger partial charge in [0.15, 0.2) is 0 Å².